The Balaban J connectivity index is 2.46. The van der Waals surface area contributed by atoms with Gasteiger partial charge in [-0.3, -0.25) is 9.52 Å². The van der Waals surface area contributed by atoms with E-state index in [4.69, 9.17) is 4.74 Å². The number of sulfonamides is 1. The number of nitrogens with one attached hydrogen (secondary N) is 1. The highest BCUT2D eigenvalue weighted by Gasteiger charge is 2.30. The van der Waals surface area contributed by atoms with Gasteiger partial charge in [0.15, 0.2) is 0 Å². The van der Waals surface area contributed by atoms with Crippen LogP contribution < -0.4 is 9.46 Å². The molecule has 0 unspecified atom stereocenters. The number of fused-ring (bicyclic) bond motifs is 1. The zero-order chi connectivity index (χ0) is 21.1. The van der Waals surface area contributed by atoms with Crippen LogP contribution in [0.15, 0.2) is 18.2 Å². The summed E-state index contributed by atoms with van der Waals surface area (Å²) in [6.45, 7) is 4.86. The summed E-state index contributed by atoms with van der Waals surface area (Å²) in [5, 5.41) is 9.59. The minimum absolute atomic E-state index is 0.0418. The number of ether oxygens (including phenoxy) is 1. The van der Waals surface area contributed by atoms with E-state index in [-0.39, 0.29) is 37.0 Å². The van der Waals surface area contributed by atoms with Gasteiger partial charge in [-0.15, -0.1) is 0 Å². The SMILES string of the molecule is C[C@@H]1CN([C@H](C)CO)C(=O)Cc2cc(NS(C)(=O)=O)ccc2O[C@@H]1CN(C)C. The molecule has 2 N–H and O–H groups in total. The third-order valence-electron chi connectivity index (χ3n) is 4.76. The van der Waals surface area contributed by atoms with Crippen LogP contribution in [0.2, 0.25) is 0 Å². The average Bonchev–Trinajstić information content (AvgIpc) is 2.62. The lowest BCUT2D eigenvalue weighted by Crippen LogP contribution is -2.47. The lowest BCUT2D eigenvalue weighted by molar-refractivity contribution is -0.134. The predicted molar refractivity (Wildman–Crippen MR) is 109 cm³/mol. The van der Waals surface area contributed by atoms with Gasteiger partial charge in [-0.05, 0) is 39.2 Å². The Hall–Kier alpha value is -1.84. The Bertz CT molecular complexity index is 797. The van der Waals surface area contributed by atoms with Gasteiger partial charge in [-0.1, -0.05) is 6.92 Å². The molecule has 0 radical (unpaired) electrons. The molecule has 1 amide bonds. The van der Waals surface area contributed by atoms with Crippen LogP contribution in [0, 0.1) is 5.92 Å². The Labute approximate surface area is 167 Å². The van der Waals surface area contributed by atoms with Gasteiger partial charge in [-0.25, -0.2) is 8.42 Å². The largest absolute Gasteiger partial charge is 0.488 e. The summed E-state index contributed by atoms with van der Waals surface area (Å²) in [7, 11) is 0.490. The Morgan fingerprint density at radius 3 is 2.64 bits per heavy atom. The van der Waals surface area contributed by atoms with Gasteiger partial charge >= 0.3 is 0 Å². The van der Waals surface area contributed by atoms with Gasteiger partial charge in [0, 0.05) is 30.3 Å². The smallest absolute Gasteiger partial charge is 0.229 e. The van der Waals surface area contributed by atoms with E-state index in [1.54, 1.807) is 23.1 Å². The number of nitrogens with zero attached hydrogens (tertiary/aromatic N) is 2. The highest BCUT2D eigenvalue weighted by molar-refractivity contribution is 7.92. The predicted octanol–water partition coefficient (Wildman–Crippen LogP) is 0.769. The molecule has 3 atom stereocenters. The number of likely N-dealkylation sites (N-methyl/N-ethyl adjacent to an activating group) is 1. The normalized spacial score (nSPS) is 22.0. The third-order valence-corrected chi connectivity index (χ3v) is 5.37. The number of aliphatic hydroxyl groups is 1. The molecule has 1 aliphatic heterocycles. The fourth-order valence-corrected chi connectivity index (χ4v) is 3.84. The Morgan fingerprint density at radius 1 is 1.39 bits per heavy atom. The van der Waals surface area contributed by atoms with Crippen molar-refractivity contribution in [2.75, 3.05) is 44.8 Å². The van der Waals surface area contributed by atoms with Crippen LogP contribution >= 0.6 is 0 Å². The first kappa shape index (κ1) is 22.4. The molecule has 0 spiro atoms. The zero-order valence-electron chi connectivity index (χ0n) is 17.2. The lowest BCUT2D eigenvalue weighted by atomic mass is 10.0. The highest BCUT2D eigenvalue weighted by Crippen LogP contribution is 2.29. The van der Waals surface area contributed by atoms with Crippen LogP contribution in [0.1, 0.15) is 19.4 Å². The summed E-state index contributed by atoms with van der Waals surface area (Å²) in [5.41, 5.74) is 1.00. The number of rotatable bonds is 6. The highest BCUT2D eigenvalue weighted by atomic mass is 32.2. The standard InChI is InChI=1S/C19H31N3O5S/c1-13-10-22(14(2)12-23)19(24)9-15-8-16(20-28(5,25)26)6-7-17(15)27-18(13)11-21(3)4/h6-8,13-14,18,20,23H,9-12H2,1-5H3/t13-,14-,18-/m1/s1. The fraction of sp³-hybridized carbons (Fsp3) is 0.632. The summed E-state index contributed by atoms with van der Waals surface area (Å²) in [6.07, 6.45) is 0.984. The van der Waals surface area contributed by atoms with Crippen molar-refractivity contribution in [1.82, 2.24) is 9.80 Å². The summed E-state index contributed by atoms with van der Waals surface area (Å²) in [6, 6.07) is 4.66. The molecule has 0 fully saturated rings. The summed E-state index contributed by atoms with van der Waals surface area (Å²) >= 11 is 0. The molecule has 8 nitrogen and oxygen atoms in total. The number of carbonyl (C=O) groups excluding carboxylic acids is 1. The van der Waals surface area contributed by atoms with Crippen LogP contribution in [0.25, 0.3) is 0 Å². The minimum Gasteiger partial charge on any atom is -0.488 e. The van der Waals surface area contributed by atoms with Crippen LogP contribution in [0.5, 0.6) is 5.75 Å². The molecule has 1 aliphatic rings. The molecular weight excluding hydrogens is 382 g/mol. The van der Waals surface area contributed by atoms with Gasteiger partial charge in [0.1, 0.15) is 11.9 Å². The van der Waals surface area contributed by atoms with Crippen LogP contribution in [0.4, 0.5) is 5.69 Å². The molecule has 1 aromatic rings. The number of carbonyl (C=O) groups is 1. The molecule has 0 aromatic heterocycles. The molecule has 9 heteroatoms. The van der Waals surface area contributed by atoms with Crippen LogP contribution in [-0.4, -0.2) is 81.4 Å². The van der Waals surface area contributed by atoms with E-state index in [9.17, 15) is 18.3 Å². The third kappa shape index (κ3) is 6.08. The summed E-state index contributed by atoms with van der Waals surface area (Å²) in [5.74, 6) is 0.491. The molecule has 0 saturated carbocycles. The number of aliphatic hydroxyl groups excluding tert-OH is 1. The van der Waals surface area contributed by atoms with E-state index in [2.05, 4.69) is 4.72 Å². The second kappa shape index (κ2) is 9.11. The van der Waals surface area contributed by atoms with E-state index < -0.39 is 10.0 Å². The van der Waals surface area contributed by atoms with E-state index in [0.29, 0.717) is 30.1 Å². The number of anilines is 1. The van der Waals surface area contributed by atoms with Gasteiger partial charge in [-0.2, -0.15) is 0 Å². The average molecular weight is 414 g/mol. The minimum atomic E-state index is -3.43. The van der Waals surface area contributed by atoms with E-state index in [1.807, 2.05) is 32.8 Å². The van der Waals surface area contributed by atoms with Crippen molar-refractivity contribution in [2.45, 2.75) is 32.4 Å². The lowest BCUT2D eigenvalue weighted by Gasteiger charge is -2.33. The first-order valence-corrected chi connectivity index (χ1v) is 11.2. The van der Waals surface area contributed by atoms with Crippen molar-refractivity contribution >= 4 is 21.6 Å². The van der Waals surface area contributed by atoms with Crippen molar-refractivity contribution < 1.29 is 23.1 Å². The Kier molecular flexibility index (Phi) is 7.30. The number of amides is 1. The Morgan fingerprint density at radius 2 is 2.07 bits per heavy atom. The molecule has 0 aliphatic carbocycles. The maximum Gasteiger partial charge on any atom is 0.229 e. The monoisotopic (exact) mass is 413 g/mol. The van der Waals surface area contributed by atoms with Gasteiger partial charge in [0.25, 0.3) is 0 Å². The van der Waals surface area contributed by atoms with Gasteiger partial charge in [0.05, 0.1) is 25.3 Å². The van der Waals surface area contributed by atoms with Crippen molar-refractivity contribution in [3.8, 4) is 5.75 Å². The molecular formula is C19H31N3O5S. The summed E-state index contributed by atoms with van der Waals surface area (Å²) < 4.78 is 31.8. The topological polar surface area (TPSA) is 99.2 Å². The van der Waals surface area contributed by atoms with Crippen molar-refractivity contribution in [1.29, 1.82) is 0 Å². The molecule has 28 heavy (non-hydrogen) atoms. The quantitative estimate of drug-likeness (QED) is 0.715. The van der Waals surface area contributed by atoms with Gasteiger partial charge in [0.2, 0.25) is 15.9 Å². The molecule has 0 bridgehead atoms. The van der Waals surface area contributed by atoms with E-state index in [1.165, 1.54) is 0 Å². The summed E-state index contributed by atoms with van der Waals surface area (Å²) in [4.78, 5) is 16.7. The number of hydrogen-bond acceptors (Lipinski definition) is 6. The van der Waals surface area contributed by atoms with Crippen molar-refractivity contribution in [3.63, 3.8) is 0 Å². The number of hydrogen-bond donors (Lipinski definition) is 2. The second-order valence-corrected chi connectivity index (χ2v) is 9.60. The molecule has 2 rings (SSSR count). The fourth-order valence-electron chi connectivity index (χ4n) is 3.28. The van der Waals surface area contributed by atoms with Crippen LogP contribution in [-0.2, 0) is 21.2 Å². The molecule has 158 valence electrons. The van der Waals surface area contributed by atoms with E-state index in [0.717, 1.165) is 6.26 Å². The van der Waals surface area contributed by atoms with Crippen LogP contribution in [0.3, 0.4) is 0 Å². The molecule has 1 heterocycles. The first-order chi connectivity index (χ1) is 13.0. The van der Waals surface area contributed by atoms with Crippen molar-refractivity contribution in [2.24, 2.45) is 5.92 Å². The zero-order valence-corrected chi connectivity index (χ0v) is 18.0. The van der Waals surface area contributed by atoms with Crippen molar-refractivity contribution in [3.05, 3.63) is 23.8 Å². The van der Waals surface area contributed by atoms with E-state index >= 15 is 0 Å². The second-order valence-electron chi connectivity index (χ2n) is 7.85. The number of benzene rings is 1. The maximum atomic E-state index is 13.0. The maximum absolute atomic E-state index is 13.0. The molecule has 1 aromatic carbocycles. The van der Waals surface area contributed by atoms with Gasteiger partial charge < -0.3 is 19.6 Å². The molecule has 0 saturated heterocycles. The first-order valence-electron chi connectivity index (χ1n) is 9.32.